The molecule has 9 heteroatoms. The SMILES string of the molecule is C=C1CCCCCOc2ccc(cc2F)N=Cc2c(O)[nH]c3ncnc(c23)N2CCN1CC2. The van der Waals surface area contributed by atoms with Crippen LogP contribution in [0.25, 0.3) is 11.0 Å². The van der Waals surface area contributed by atoms with Crippen molar-refractivity contribution >= 4 is 28.8 Å². The molecule has 0 saturated carbocycles. The summed E-state index contributed by atoms with van der Waals surface area (Å²) >= 11 is 0. The second-order valence-corrected chi connectivity index (χ2v) is 8.38. The molecule has 1 aromatic carbocycles. The number of nitrogens with one attached hydrogen (secondary N) is 1. The number of aromatic amines is 1. The molecule has 0 unspecified atom stereocenters. The van der Waals surface area contributed by atoms with Crippen LogP contribution in [0.2, 0.25) is 0 Å². The van der Waals surface area contributed by atoms with Crippen LogP contribution < -0.4 is 9.64 Å². The second-order valence-electron chi connectivity index (χ2n) is 8.38. The highest BCUT2D eigenvalue weighted by Crippen LogP contribution is 2.33. The van der Waals surface area contributed by atoms with E-state index in [1.165, 1.54) is 18.6 Å². The van der Waals surface area contributed by atoms with Crippen molar-refractivity contribution in [1.82, 2.24) is 19.9 Å². The van der Waals surface area contributed by atoms with E-state index in [9.17, 15) is 9.50 Å². The number of nitrogens with zero attached hydrogens (tertiary/aromatic N) is 5. The first-order valence-electron chi connectivity index (χ1n) is 11.3. The Morgan fingerprint density at radius 2 is 1.88 bits per heavy atom. The average Bonchev–Trinajstić information content (AvgIpc) is 3.15. The number of rotatable bonds is 0. The van der Waals surface area contributed by atoms with Crippen LogP contribution in [0.4, 0.5) is 15.9 Å². The molecule has 8 nitrogen and oxygen atoms in total. The van der Waals surface area contributed by atoms with E-state index < -0.39 is 5.82 Å². The van der Waals surface area contributed by atoms with Crippen molar-refractivity contribution in [3.8, 4) is 11.6 Å². The quantitative estimate of drug-likeness (QED) is 0.535. The first kappa shape index (κ1) is 21.2. The Labute approximate surface area is 191 Å². The van der Waals surface area contributed by atoms with Crippen molar-refractivity contribution in [2.24, 2.45) is 4.99 Å². The van der Waals surface area contributed by atoms with Crippen LogP contribution in [-0.4, -0.2) is 64.0 Å². The summed E-state index contributed by atoms with van der Waals surface area (Å²) in [6.07, 6.45) is 6.84. The molecule has 0 spiro atoms. The number of anilines is 1. The smallest absolute Gasteiger partial charge is 0.199 e. The van der Waals surface area contributed by atoms with Gasteiger partial charge in [-0.15, -0.1) is 0 Å². The zero-order valence-corrected chi connectivity index (χ0v) is 18.4. The van der Waals surface area contributed by atoms with E-state index in [2.05, 4.69) is 36.3 Å². The lowest BCUT2D eigenvalue weighted by Crippen LogP contribution is -2.46. The summed E-state index contributed by atoms with van der Waals surface area (Å²) < 4.78 is 20.1. The molecule has 0 atom stereocenters. The average molecular weight is 451 g/mol. The van der Waals surface area contributed by atoms with E-state index in [4.69, 9.17) is 4.74 Å². The van der Waals surface area contributed by atoms with Crippen molar-refractivity contribution in [3.05, 3.63) is 48.2 Å². The molecule has 1 fully saturated rings. The maximum absolute atomic E-state index is 14.5. The lowest BCUT2D eigenvalue weighted by Gasteiger charge is -2.38. The summed E-state index contributed by atoms with van der Waals surface area (Å²) in [5.41, 5.74) is 2.57. The Balaban J connectivity index is 1.53. The number of hydrogen-bond donors (Lipinski definition) is 2. The Morgan fingerprint density at radius 1 is 1.06 bits per heavy atom. The highest BCUT2D eigenvalue weighted by molar-refractivity contribution is 6.06. The fraction of sp³-hybridized carbons (Fsp3) is 0.375. The van der Waals surface area contributed by atoms with Gasteiger partial charge in [-0.25, -0.2) is 14.4 Å². The topological polar surface area (TPSA) is 89.9 Å². The third kappa shape index (κ3) is 4.35. The molecule has 8 rings (SSSR count). The van der Waals surface area contributed by atoms with Crippen LogP contribution in [0.5, 0.6) is 11.6 Å². The molecule has 0 radical (unpaired) electrons. The number of aliphatic imine (C=N–C) groups is 1. The Kier molecular flexibility index (Phi) is 5.85. The van der Waals surface area contributed by atoms with Crippen LogP contribution in [0.3, 0.4) is 0 Å². The molecule has 2 aromatic heterocycles. The van der Waals surface area contributed by atoms with Gasteiger partial charge < -0.3 is 24.6 Å². The zero-order chi connectivity index (χ0) is 22.8. The van der Waals surface area contributed by atoms with Gasteiger partial charge in [-0.1, -0.05) is 6.58 Å². The van der Waals surface area contributed by atoms with Crippen molar-refractivity contribution in [1.29, 1.82) is 0 Å². The van der Waals surface area contributed by atoms with E-state index in [1.54, 1.807) is 12.1 Å². The van der Waals surface area contributed by atoms with E-state index in [0.717, 1.165) is 63.4 Å². The van der Waals surface area contributed by atoms with Gasteiger partial charge >= 0.3 is 0 Å². The summed E-state index contributed by atoms with van der Waals surface area (Å²) in [4.78, 5) is 20.6. The molecule has 33 heavy (non-hydrogen) atoms. The van der Waals surface area contributed by atoms with E-state index in [0.29, 0.717) is 28.9 Å². The minimum absolute atomic E-state index is 0.0509. The van der Waals surface area contributed by atoms with Gasteiger partial charge in [0.25, 0.3) is 0 Å². The van der Waals surface area contributed by atoms with Gasteiger partial charge in [0.1, 0.15) is 17.8 Å². The third-order valence-electron chi connectivity index (χ3n) is 6.24. The van der Waals surface area contributed by atoms with Crippen LogP contribution in [0.1, 0.15) is 31.2 Å². The zero-order valence-electron chi connectivity index (χ0n) is 18.4. The van der Waals surface area contributed by atoms with Gasteiger partial charge in [-0.05, 0) is 37.8 Å². The second kappa shape index (κ2) is 9.09. The number of H-pyrrole nitrogens is 1. The lowest BCUT2D eigenvalue weighted by molar-refractivity contribution is 0.286. The monoisotopic (exact) mass is 450 g/mol. The van der Waals surface area contributed by atoms with Gasteiger partial charge in [0.2, 0.25) is 0 Å². The maximum atomic E-state index is 14.5. The molecule has 0 amide bonds. The fourth-order valence-corrected chi connectivity index (χ4v) is 4.39. The molecular formula is C24H27FN6O2. The molecule has 4 bridgehead atoms. The highest BCUT2D eigenvalue weighted by atomic mass is 19.1. The molecular weight excluding hydrogens is 423 g/mol. The molecule has 0 aliphatic carbocycles. The van der Waals surface area contributed by atoms with Crippen LogP contribution in [0.15, 0.2) is 41.8 Å². The molecule has 5 aliphatic rings. The summed E-state index contributed by atoms with van der Waals surface area (Å²) in [5, 5.41) is 11.2. The van der Waals surface area contributed by atoms with E-state index in [-0.39, 0.29) is 11.6 Å². The number of hydrogen-bond acceptors (Lipinski definition) is 7. The molecule has 172 valence electrons. The van der Waals surface area contributed by atoms with Crippen LogP contribution >= 0.6 is 0 Å². The predicted molar refractivity (Wildman–Crippen MR) is 126 cm³/mol. The Morgan fingerprint density at radius 3 is 2.70 bits per heavy atom. The van der Waals surface area contributed by atoms with Crippen molar-refractivity contribution in [2.45, 2.75) is 25.7 Å². The predicted octanol–water partition coefficient (Wildman–Crippen LogP) is 4.14. The van der Waals surface area contributed by atoms with Crippen LogP contribution in [0, 0.1) is 5.82 Å². The molecule has 7 heterocycles. The van der Waals surface area contributed by atoms with Crippen molar-refractivity contribution in [3.63, 3.8) is 0 Å². The largest absolute Gasteiger partial charge is 0.494 e. The number of benzene rings is 1. The maximum Gasteiger partial charge on any atom is 0.199 e. The highest BCUT2D eigenvalue weighted by Gasteiger charge is 2.24. The summed E-state index contributed by atoms with van der Waals surface area (Å²) in [6.45, 7) is 8.05. The van der Waals surface area contributed by atoms with E-state index in [1.807, 2.05) is 0 Å². The Hall–Kier alpha value is -3.62. The van der Waals surface area contributed by atoms with Gasteiger partial charge in [0.15, 0.2) is 17.4 Å². The van der Waals surface area contributed by atoms with Crippen molar-refractivity contribution < 1.29 is 14.2 Å². The minimum atomic E-state index is -0.462. The minimum Gasteiger partial charge on any atom is -0.494 e. The standard InChI is InChI=1S/C24H27FN6O2/c1-16-5-3-2-4-12-33-20-7-6-17(13-19(20)25)26-14-18-21-22(29-24(18)32)27-15-28-23(21)31-10-8-30(16)9-11-31/h6-7,13-15,32H,1-5,8-12H2,(H,27,28,29). The lowest BCUT2D eigenvalue weighted by atomic mass is 10.1. The molecule has 5 aliphatic heterocycles. The molecule has 3 aromatic rings. The summed E-state index contributed by atoms with van der Waals surface area (Å²) in [5.74, 6) is 0.447. The van der Waals surface area contributed by atoms with Crippen molar-refractivity contribution in [2.75, 3.05) is 37.7 Å². The number of allylic oxidation sites excluding steroid dienone is 1. The van der Waals surface area contributed by atoms with Gasteiger partial charge in [-0.2, -0.15) is 0 Å². The van der Waals surface area contributed by atoms with Gasteiger partial charge in [0, 0.05) is 44.2 Å². The summed E-state index contributed by atoms with van der Waals surface area (Å²) in [7, 11) is 0. The van der Waals surface area contributed by atoms with E-state index >= 15 is 0 Å². The normalized spacial score (nSPS) is 17.5. The Bertz CT molecular complexity index is 1200. The first-order valence-corrected chi connectivity index (χ1v) is 11.3. The number of aromatic nitrogens is 3. The van der Waals surface area contributed by atoms with Gasteiger partial charge in [-0.3, -0.25) is 4.99 Å². The number of ether oxygens (including phenoxy) is 1. The van der Waals surface area contributed by atoms with Crippen LogP contribution in [-0.2, 0) is 0 Å². The molecule has 2 N–H and O–H groups in total. The number of aromatic hydroxyl groups is 1. The third-order valence-corrected chi connectivity index (χ3v) is 6.24. The first-order chi connectivity index (χ1) is 16.1. The number of piperazine rings is 1. The summed E-state index contributed by atoms with van der Waals surface area (Å²) in [6, 6.07) is 4.61. The molecule has 1 saturated heterocycles. The van der Waals surface area contributed by atoms with Gasteiger partial charge in [0.05, 0.1) is 23.2 Å². The number of halogens is 1. The fourth-order valence-electron chi connectivity index (χ4n) is 4.39.